The number of aliphatic hydroxyl groups is 1. The first-order chi connectivity index (χ1) is 12.1. The average Bonchev–Trinajstić information content (AvgIpc) is 2.89. The molecule has 2 atom stereocenters. The number of benzene rings is 1. The number of hydrogen-bond acceptors (Lipinski definition) is 3. The van der Waals surface area contributed by atoms with Gasteiger partial charge in [-0.3, -0.25) is 4.57 Å². The normalized spacial score (nSPS) is 20.7. The van der Waals surface area contributed by atoms with Crippen molar-refractivity contribution in [1.82, 2.24) is 14.5 Å². The highest BCUT2D eigenvalue weighted by Crippen LogP contribution is 2.19. The summed E-state index contributed by atoms with van der Waals surface area (Å²) in [5, 5.41) is 12.9. The van der Waals surface area contributed by atoms with E-state index in [4.69, 9.17) is 0 Å². The number of para-hydroxylation sites is 2. The fourth-order valence-corrected chi connectivity index (χ4v) is 3.64. The van der Waals surface area contributed by atoms with Crippen molar-refractivity contribution in [2.45, 2.75) is 70.6 Å². The maximum atomic E-state index is 12.8. The van der Waals surface area contributed by atoms with E-state index in [1.165, 1.54) is 4.57 Å². The summed E-state index contributed by atoms with van der Waals surface area (Å²) in [6, 6.07) is 6.66. The molecule has 2 N–H and O–H groups in total. The highest BCUT2D eigenvalue weighted by atomic mass is 16.3. The molecule has 1 aliphatic rings. The van der Waals surface area contributed by atoms with Crippen LogP contribution in [0.1, 0.15) is 51.9 Å². The van der Waals surface area contributed by atoms with Crippen molar-refractivity contribution in [1.29, 1.82) is 0 Å². The standard InChI is InChI=1S/C19H27N3O3/c1-2-3-8-13-21-15-10-5-6-11-16(15)22(19(21)25)18(24)20-14-9-4-7-12-17(14)23/h5-6,10-11,14,17,23H,2-4,7-9,12-13H2,1H3,(H,20,24)/t14-,17-/m0/s1. The van der Waals surface area contributed by atoms with E-state index in [1.807, 2.05) is 18.2 Å². The summed E-state index contributed by atoms with van der Waals surface area (Å²) in [5.74, 6) is 0. The summed E-state index contributed by atoms with van der Waals surface area (Å²) in [5.41, 5.74) is 1.09. The molecule has 1 saturated carbocycles. The summed E-state index contributed by atoms with van der Waals surface area (Å²) in [6.45, 7) is 2.73. The number of fused-ring (bicyclic) bond motifs is 1. The first-order valence-corrected chi connectivity index (χ1v) is 9.32. The lowest BCUT2D eigenvalue weighted by atomic mass is 9.93. The van der Waals surface area contributed by atoms with Crippen LogP contribution in [0.4, 0.5) is 4.79 Å². The summed E-state index contributed by atoms with van der Waals surface area (Å²) in [4.78, 5) is 25.6. The number of aromatic nitrogens is 2. The Kier molecular flexibility index (Phi) is 5.58. The lowest BCUT2D eigenvalue weighted by Gasteiger charge is -2.28. The Bertz CT molecular complexity index is 793. The highest BCUT2D eigenvalue weighted by molar-refractivity contribution is 5.89. The van der Waals surface area contributed by atoms with Crippen molar-refractivity contribution >= 4 is 17.1 Å². The summed E-state index contributed by atoms with van der Waals surface area (Å²) >= 11 is 0. The minimum Gasteiger partial charge on any atom is -0.391 e. The van der Waals surface area contributed by atoms with E-state index in [-0.39, 0.29) is 11.7 Å². The van der Waals surface area contributed by atoms with Crippen molar-refractivity contribution in [3.8, 4) is 0 Å². The Morgan fingerprint density at radius 3 is 2.64 bits per heavy atom. The van der Waals surface area contributed by atoms with Gasteiger partial charge in [-0.25, -0.2) is 14.2 Å². The first kappa shape index (κ1) is 17.7. The van der Waals surface area contributed by atoms with Gasteiger partial charge in [0.05, 0.1) is 23.2 Å². The van der Waals surface area contributed by atoms with Crippen LogP contribution in [0, 0.1) is 0 Å². The number of imidazole rings is 1. The minimum atomic E-state index is -0.536. The zero-order valence-electron chi connectivity index (χ0n) is 14.8. The minimum absolute atomic E-state index is 0.282. The van der Waals surface area contributed by atoms with Crippen LogP contribution in [-0.2, 0) is 6.54 Å². The molecule has 1 aromatic heterocycles. The van der Waals surface area contributed by atoms with Crippen LogP contribution >= 0.6 is 0 Å². The number of hydrogen-bond donors (Lipinski definition) is 2. The van der Waals surface area contributed by atoms with Gasteiger partial charge in [-0.15, -0.1) is 0 Å². The predicted molar refractivity (Wildman–Crippen MR) is 97.9 cm³/mol. The number of amides is 1. The van der Waals surface area contributed by atoms with Gasteiger partial charge in [0.1, 0.15) is 0 Å². The van der Waals surface area contributed by atoms with Crippen LogP contribution in [-0.4, -0.2) is 32.4 Å². The van der Waals surface area contributed by atoms with Crippen molar-refractivity contribution in [2.75, 3.05) is 0 Å². The number of nitrogens with zero attached hydrogens (tertiary/aromatic N) is 2. The van der Waals surface area contributed by atoms with Crippen LogP contribution in [0.5, 0.6) is 0 Å². The smallest absolute Gasteiger partial charge is 0.337 e. The zero-order valence-corrected chi connectivity index (χ0v) is 14.8. The number of carbonyl (C=O) groups is 1. The second-order valence-electron chi connectivity index (χ2n) is 6.87. The van der Waals surface area contributed by atoms with E-state index in [9.17, 15) is 14.7 Å². The molecule has 1 aliphatic carbocycles. The van der Waals surface area contributed by atoms with Crippen LogP contribution in [0.15, 0.2) is 29.1 Å². The van der Waals surface area contributed by atoms with E-state index in [0.29, 0.717) is 18.5 Å². The Morgan fingerprint density at radius 1 is 1.20 bits per heavy atom. The maximum absolute atomic E-state index is 12.8. The summed E-state index contributed by atoms with van der Waals surface area (Å²) < 4.78 is 2.89. The number of carbonyl (C=O) groups excluding carboxylic acids is 1. The lowest BCUT2D eigenvalue weighted by Crippen LogP contribution is -2.48. The van der Waals surface area contributed by atoms with Gasteiger partial charge < -0.3 is 10.4 Å². The van der Waals surface area contributed by atoms with Gasteiger partial charge in [0, 0.05) is 6.54 Å². The van der Waals surface area contributed by atoms with Gasteiger partial charge in [-0.05, 0) is 31.4 Å². The fourth-order valence-electron chi connectivity index (χ4n) is 3.64. The number of nitrogens with one attached hydrogen (secondary N) is 1. The summed E-state index contributed by atoms with van der Waals surface area (Å²) in [6.07, 6.45) is 5.90. The molecule has 1 amide bonds. The third-order valence-corrected chi connectivity index (χ3v) is 5.06. The maximum Gasteiger partial charge on any atom is 0.337 e. The second-order valence-corrected chi connectivity index (χ2v) is 6.87. The van der Waals surface area contributed by atoms with Gasteiger partial charge in [0.15, 0.2) is 0 Å². The number of rotatable bonds is 5. The quantitative estimate of drug-likeness (QED) is 0.818. The molecule has 3 rings (SSSR count). The van der Waals surface area contributed by atoms with Crippen molar-refractivity contribution in [3.63, 3.8) is 0 Å². The molecule has 0 radical (unpaired) electrons. The van der Waals surface area contributed by atoms with Crippen molar-refractivity contribution in [2.24, 2.45) is 0 Å². The third-order valence-electron chi connectivity index (χ3n) is 5.06. The third kappa shape index (κ3) is 3.63. The van der Waals surface area contributed by atoms with E-state index >= 15 is 0 Å². The Labute approximate surface area is 147 Å². The largest absolute Gasteiger partial charge is 0.391 e. The van der Waals surface area contributed by atoms with Gasteiger partial charge in [0.25, 0.3) is 0 Å². The van der Waals surface area contributed by atoms with E-state index in [0.717, 1.165) is 44.0 Å². The van der Waals surface area contributed by atoms with Gasteiger partial charge in [-0.2, -0.15) is 0 Å². The van der Waals surface area contributed by atoms with Crippen molar-refractivity contribution in [3.05, 3.63) is 34.7 Å². The number of unbranched alkanes of at least 4 members (excludes halogenated alkanes) is 2. The molecule has 1 fully saturated rings. The van der Waals surface area contributed by atoms with E-state index < -0.39 is 12.1 Å². The zero-order chi connectivity index (χ0) is 17.8. The van der Waals surface area contributed by atoms with Gasteiger partial charge in [0.2, 0.25) is 0 Å². The van der Waals surface area contributed by atoms with Gasteiger partial charge in [-0.1, -0.05) is 44.7 Å². The molecular formula is C19H27N3O3. The van der Waals surface area contributed by atoms with Crippen LogP contribution < -0.4 is 11.0 Å². The molecule has 0 bridgehead atoms. The number of aliphatic hydroxyl groups excluding tert-OH is 1. The molecule has 0 spiro atoms. The SMILES string of the molecule is CCCCCn1c(=O)n(C(=O)N[C@H]2CCCC[C@@H]2O)c2ccccc21. The van der Waals surface area contributed by atoms with Gasteiger partial charge >= 0.3 is 11.7 Å². The molecule has 25 heavy (non-hydrogen) atoms. The summed E-state index contributed by atoms with van der Waals surface area (Å²) in [7, 11) is 0. The Morgan fingerprint density at radius 2 is 1.92 bits per heavy atom. The molecule has 0 aliphatic heterocycles. The average molecular weight is 345 g/mol. The molecule has 6 heteroatoms. The second kappa shape index (κ2) is 7.87. The monoisotopic (exact) mass is 345 g/mol. The van der Waals surface area contributed by atoms with Crippen LogP contribution in [0.2, 0.25) is 0 Å². The molecule has 1 aromatic carbocycles. The molecule has 136 valence electrons. The molecule has 6 nitrogen and oxygen atoms in total. The van der Waals surface area contributed by atoms with Crippen molar-refractivity contribution < 1.29 is 9.90 Å². The molecule has 0 unspecified atom stereocenters. The Hall–Kier alpha value is -2.08. The number of aryl methyl sites for hydroxylation is 1. The molecule has 1 heterocycles. The Balaban J connectivity index is 1.91. The van der Waals surface area contributed by atoms with Crippen LogP contribution in [0.3, 0.4) is 0 Å². The van der Waals surface area contributed by atoms with Crippen LogP contribution in [0.25, 0.3) is 11.0 Å². The fraction of sp³-hybridized carbons (Fsp3) is 0.579. The lowest BCUT2D eigenvalue weighted by molar-refractivity contribution is 0.0944. The van der Waals surface area contributed by atoms with E-state index in [2.05, 4.69) is 12.2 Å². The first-order valence-electron chi connectivity index (χ1n) is 9.32. The molecule has 0 saturated heterocycles. The molecule has 2 aromatic rings. The highest BCUT2D eigenvalue weighted by Gasteiger charge is 2.26. The van der Waals surface area contributed by atoms with E-state index in [1.54, 1.807) is 10.6 Å². The predicted octanol–water partition coefficient (Wildman–Crippen LogP) is 2.85. The topological polar surface area (TPSA) is 76.3 Å². The molecular weight excluding hydrogens is 318 g/mol.